The Morgan fingerprint density at radius 2 is 1.77 bits per heavy atom. The number of methoxy groups -OCH3 is 1. The summed E-state index contributed by atoms with van der Waals surface area (Å²) in [5.74, 6) is 0.375. The predicted molar refractivity (Wildman–Crippen MR) is 71.2 cm³/mol. The third-order valence-electron chi connectivity index (χ3n) is 2.75. The van der Waals surface area contributed by atoms with Crippen LogP contribution in [0.5, 0.6) is 17.2 Å². The molecule has 116 valence electrons. The fraction of sp³-hybridized carbons (Fsp3) is 0.143. The van der Waals surface area contributed by atoms with Gasteiger partial charge in [0.25, 0.3) is 0 Å². The van der Waals surface area contributed by atoms with Crippen LogP contribution in [0, 0.1) is 10.1 Å². The van der Waals surface area contributed by atoms with Gasteiger partial charge in [-0.05, 0) is 24.3 Å². The maximum Gasteiger partial charge on any atom is 0.416 e. The Balaban J connectivity index is 2.40. The average molecular weight is 313 g/mol. The second kappa shape index (κ2) is 5.92. The highest BCUT2D eigenvalue weighted by atomic mass is 19.4. The van der Waals surface area contributed by atoms with E-state index in [1.165, 1.54) is 19.2 Å². The molecular weight excluding hydrogens is 303 g/mol. The van der Waals surface area contributed by atoms with Crippen molar-refractivity contribution in [3.05, 3.63) is 58.1 Å². The summed E-state index contributed by atoms with van der Waals surface area (Å²) in [5.41, 5.74) is -1.88. The van der Waals surface area contributed by atoms with Crippen LogP contribution in [0.25, 0.3) is 0 Å². The Kier molecular flexibility index (Phi) is 4.20. The summed E-state index contributed by atoms with van der Waals surface area (Å²) in [4.78, 5) is 10.0. The van der Waals surface area contributed by atoms with Gasteiger partial charge in [-0.15, -0.1) is 0 Å². The average Bonchev–Trinajstić information content (AvgIpc) is 2.46. The first-order chi connectivity index (χ1) is 10.3. The van der Waals surface area contributed by atoms with Crippen LogP contribution in [0.2, 0.25) is 0 Å². The number of nitro groups is 1. The molecule has 0 radical (unpaired) electrons. The highest BCUT2D eigenvalue weighted by Crippen LogP contribution is 2.38. The van der Waals surface area contributed by atoms with Crippen molar-refractivity contribution < 1.29 is 27.6 Å². The molecule has 0 amide bonds. The summed E-state index contributed by atoms with van der Waals surface area (Å²) < 4.78 is 48.1. The van der Waals surface area contributed by atoms with E-state index in [0.717, 1.165) is 12.1 Å². The first kappa shape index (κ1) is 15.6. The number of hydrogen-bond donors (Lipinski definition) is 0. The normalized spacial score (nSPS) is 11.1. The Hall–Kier alpha value is -2.77. The van der Waals surface area contributed by atoms with Gasteiger partial charge in [0.2, 0.25) is 5.75 Å². The molecule has 0 bridgehead atoms. The van der Waals surface area contributed by atoms with E-state index < -0.39 is 22.4 Å². The lowest BCUT2D eigenvalue weighted by atomic mass is 10.2. The number of halogens is 3. The minimum absolute atomic E-state index is 0.210. The molecule has 0 atom stereocenters. The number of ether oxygens (including phenoxy) is 2. The second-order valence-electron chi connectivity index (χ2n) is 4.22. The van der Waals surface area contributed by atoms with Crippen LogP contribution in [0.1, 0.15) is 5.56 Å². The van der Waals surface area contributed by atoms with Crippen LogP contribution >= 0.6 is 0 Å². The minimum atomic E-state index is -4.67. The number of nitro benzene ring substituents is 1. The molecule has 2 aromatic carbocycles. The van der Waals surface area contributed by atoms with Gasteiger partial charge >= 0.3 is 11.9 Å². The number of benzene rings is 2. The standard InChI is InChI=1S/C14H10F3NO4/c1-21-10-3-2-4-11(8-10)22-13-6-5-9(14(15,16)17)7-12(13)18(19)20/h2-8H,1H3. The topological polar surface area (TPSA) is 61.6 Å². The number of rotatable bonds is 4. The van der Waals surface area contributed by atoms with Gasteiger partial charge in [0.05, 0.1) is 17.6 Å². The van der Waals surface area contributed by atoms with Crippen molar-refractivity contribution in [2.45, 2.75) is 6.18 Å². The van der Waals surface area contributed by atoms with E-state index in [4.69, 9.17) is 9.47 Å². The van der Waals surface area contributed by atoms with Crippen molar-refractivity contribution in [1.29, 1.82) is 0 Å². The molecule has 0 saturated carbocycles. The zero-order valence-corrected chi connectivity index (χ0v) is 11.3. The molecule has 0 heterocycles. The molecule has 2 rings (SSSR count). The van der Waals surface area contributed by atoms with E-state index in [-0.39, 0.29) is 11.5 Å². The largest absolute Gasteiger partial charge is 0.497 e. The molecule has 0 aromatic heterocycles. The molecule has 0 unspecified atom stereocenters. The van der Waals surface area contributed by atoms with Gasteiger partial charge in [-0.3, -0.25) is 10.1 Å². The molecular formula is C14H10F3NO4. The molecule has 0 fully saturated rings. The van der Waals surface area contributed by atoms with E-state index >= 15 is 0 Å². The van der Waals surface area contributed by atoms with Gasteiger partial charge in [0, 0.05) is 12.1 Å². The number of nitrogens with zero attached hydrogens (tertiary/aromatic N) is 1. The van der Waals surface area contributed by atoms with Crippen molar-refractivity contribution in [1.82, 2.24) is 0 Å². The Morgan fingerprint density at radius 3 is 2.36 bits per heavy atom. The van der Waals surface area contributed by atoms with Crippen molar-refractivity contribution in [3.8, 4) is 17.2 Å². The van der Waals surface area contributed by atoms with Crippen LogP contribution in [-0.4, -0.2) is 12.0 Å². The van der Waals surface area contributed by atoms with Gasteiger partial charge in [-0.25, -0.2) is 0 Å². The lowest BCUT2D eigenvalue weighted by molar-refractivity contribution is -0.385. The maximum atomic E-state index is 12.6. The van der Waals surface area contributed by atoms with Gasteiger partial charge in [-0.2, -0.15) is 13.2 Å². The van der Waals surface area contributed by atoms with Crippen LogP contribution in [0.15, 0.2) is 42.5 Å². The number of hydrogen-bond acceptors (Lipinski definition) is 4. The quantitative estimate of drug-likeness (QED) is 0.619. The molecule has 5 nitrogen and oxygen atoms in total. The van der Waals surface area contributed by atoms with Crippen molar-refractivity contribution in [2.24, 2.45) is 0 Å². The van der Waals surface area contributed by atoms with Crippen LogP contribution in [-0.2, 0) is 6.18 Å². The van der Waals surface area contributed by atoms with Crippen LogP contribution in [0.3, 0.4) is 0 Å². The molecule has 0 N–H and O–H groups in total. The minimum Gasteiger partial charge on any atom is -0.497 e. The zero-order chi connectivity index (χ0) is 16.3. The Labute approximate surface area is 123 Å². The zero-order valence-electron chi connectivity index (χ0n) is 11.3. The summed E-state index contributed by atoms with van der Waals surface area (Å²) in [6.45, 7) is 0. The maximum absolute atomic E-state index is 12.6. The fourth-order valence-electron chi connectivity index (χ4n) is 1.71. The highest BCUT2D eigenvalue weighted by Gasteiger charge is 2.33. The smallest absolute Gasteiger partial charge is 0.416 e. The summed E-state index contributed by atoms with van der Waals surface area (Å²) in [7, 11) is 1.43. The van der Waals surface area contributed by atoms with E-state index in [0.29, 0.717) is 11.8 Å². The SMILES string of the molecule is COc1cccc(Oc2ccc(C(F)(F)F)cc2[N+](=O)[O-])c1. The first-order valence-corrected chi connectivity index (χ1v) is 5.99. The van der Waals surface area contributed by atoms with Crippen LogP contribution < -0.4 is 9.47 Å². The predicted octanol–water partition coefficient (Wildman–Crippen LogP) is 4.41. The van der Waals surface area contributed by atoms with Gasteiger partial charge in [0.15, 0.2) is 0 Å². The first-order valence-electron chi connectivity index (χ1n) is 5.99. The molecule has 22 heavy (non-hydrogen) atoms. The summed E-state index contributed by atoms with van der Waals surface area (Å²) in [5, 5.41) is 10.9. The third-order valence-corrected chi connectivity index (χ3v) is 2.75. The van der Waals surface area contributed by atoms with Crippen LogP contribution in [0.4, 0.5) is 18.9 Å². The van der Waals surface area contributed by atoms with E-state index in [1.54, 1.807) is 12.1 Å². The molecule has 0 saturated heterocycles. The van der Waals surface area contributed by atoms with Gasteiger partial charge in [0.1, 0.15) is 11.5 Å². The van der Waals surface area contributed by atoms with Crippen molar-refractivity contribution in [2.75, 3.05) is 7.11 Å². The van der Waals surface area contributed by atoms with Crippen molar-refractivity contribution >= 4 is 5.69 Å². The highest BCUT2D eigenvalue weighted by molar-refractivity contribution is 5.51. The lowest BCUT2D eigenvalue weighted by Crippen LogP contribution is -2.06. The van der Waals surface area contributed by atoms with Crippen molar-refractivity contribution in [3.63, 3.8) is 0 Å². The molecule has 0 aliphatic heterocycles. The Morgan fingerprint density at radius 1 is 1.09 bits per heavy atom. The van der Waals surface area contributed by atoms with Gasteiger partial charge < -0.3 is 9.47 Å². The third kappa shape index (κ3) is 3.46. The monoisotopic (exact) mass is 313 g/mol. The summed E-state index contributed by atoms with van der Waals surface area (Å²) >= 11 is 0. The molecule has 0 aliphatic rings. The molecule has 0 aliphatic carbocycles. The second-order valence-corrected chi connectivity index (χ2v) is 4.22. The molecule has 8 heteroatoms. The van der Waals surface area contributed by atoms with Gasteiger partial charge in [-0.1, -0.05) is 6.07 Å². The van der Waals surface area contributed by atoms with E-state index in [2.05, 4.69) is 0 Å². The Bertz CT molecular complexity index is 701. The summed E-state index contributed by atoms with van der Waals surface area (Å²) in [6.07, 6.45) is -4.67. The van der Waals surface area contributed by atoms with E-state index in [1.807, 2.05) is 0 Å². The molecule has 0 spiro atoms. The molecule has 2 aromatic rings. The lowest BCUT2D eigenvalue weighted by Gasteiger charge is -2.10. The number of alkyl halides is 3. The summed E-state index contributed by atoms with van der Waals surface area (Å²) in [6, 6.07) is 8.27. The van der Waals surface area contributed by atoms with E-state index in [9.17, 15) is 23.3 Å². The fourth-order valence-corrected chi connectivity index (χ4v) is 1.71.